The molecular weight excluding hydrogens is 332 g/mol. The molecule has 0 aliphatic rings. The predicted octanol–water partition coefficient (Wildman–Crippen LogP) is 3.85. The third-order valence-corrected chi connectivity index (χ3v) is 3.54. The SMILES string of the molecule is COOCc1ccc(C=CC(=O)C=Cc2ccc(C(=O)OC)cc2)cc1. The maximum atomic E-state index is 11.9. The van der Waals surface area contributed by atoms with Crippen LogP contribution in [0, 0.1) is 0 Å². The summed E-state index contributed by atoms with van der Waals surface area (Å²) in [6, 6.07) is 14.4. The summed E-state index contributed by atoms with van der Waals surface area (Å²) in [5.41, 5.74) is 3.18. The highest BCUT2D eigenvalue weighted by Gasteiger charge is 2.03. The molecule has 0 aliphatic carbocycles. The molecule has 0 heterocycles. The van der Waals surface area contributed by atoms with Gasteiger partial charge >= 0.3 is 5.97 Å². The lowest BCUT2D eigenvalue weighted by atomic mass is 10.1. The van der Waals surface area contributed by atoms with Crippen LogP contribution < -0.4 is 0 Å². The van der Waals surface area contributed by atoms with Gasteiger partial charge in [-0.05, 0) is 41.0 Å². The quantitative estimate of drug-likeness (QED) is 0.313. The Morgan fingerprint density at radius 1 is 0.846 bits per heavy atom. The van der Waals surface area contributed by atoms with Gasteiger partial charge in [0.1, 0.15) is 6.61 Å². The van der Waals surface area contributed by atoms with Crippen LogP contribution in [-0.4, -0.2) is 26.0 Å². The summed E-state index contributed by atoms with van der Waals surface area (Å²) in [7, 11) is 2.80. The number of methoxy groups -OCH3 is 1. The number of ether oxygens (including phenoxy) is 1. The Morgan fingerprint density at radius 2 is 1.38 bits per heavy atom. The molecule has 2 rings (SSSR count). The molecule has 5 heteroatoms. The second-order valence-electron chi connectivity index (χ2n) is 5.35. The van der Waals surface area contributed by atoms with E-state index in [0.717, 1.165) is 16.7 Å². The summed E-state index contributed by atoms with van der Waals surface area (Å²) >= 11 is 0. The fourth-order valence-corrected chi connectivity index (χ4v) is 2.11. The predicted molar refractivity (Wildman–Crippen MR) is 99.1 cm³/mol. The maximum absolute atomic E-state index is 11.9. The Kier molecular flexibility index (Phi) is 7.49. The molecule has 0 aliphatic heterocycles. The number of hydrogen-bond donors (Lipinski definition) is 0. The monoisotopic (exact) mass is 352 g/mol. The summed E-state index contributed by atoms with van der Waals surface area (Å²) < 4.78 is 4.64. The summed E-state index contributed by atoms with van der Waals surface area (Å²) in [6.45, 7) is 0.372. The van der Waals surface area contributed by atoms with E-state index < -0.39 is 0 Å². The molecule has 5 nitrogen and oxygen atoms in total. The van der Waals surface area contributed by atoms with Crippen LogP contribution in [0.1, 0.15) is 27.0 Å². The van der Waals surface area contributed by atoms with E-state index in [4.69, 9.17) is 4.89 Å². The number of carbonyl (C=O) groups excluding carboxylic acids is 2. The summed E-state index contributed by atoms with van der Waals surface area (Å²) in [4.78, 5) is 32.7. The smallest absolute Gasteiger partial charge is 0.337 e. The van der Waals surface area contributed by atoms with Gasteiger partial charge < -0.3 is 4.74 Å². The van der Waals surface area contributed by atoms with Gasteiger partial charge in [0.25, 0.3) is 0 Å². The van der Waals surface area contributed by atoms with Crippen molar-refractivity contribution in [3.8, 4) is 0 Å². The second kappa shape index (κ2) is 10.1. The first kappa shape index (κ1) is 19.3. The standard InChI is InChI=1S/C21H20O5/c1-24-21(23)19-11-7-17(8-12-19)10-14-20(22)13-9-16-3-5-18(6-4-16)15-26-25-2/h3-14H,15H2,1-2H3. The van der Waals surface area contributed by atoms with Gasteiger partial charge in [-0.25, -0.2) is 14.6 Å². The Balaban J connectivity index is 1.91. The fourth-order valence-electron chi connectivity index (χ4n) is 2.11. The highest BCUT2D eigenvalue weighted by atomic mass is 17.2. The molecule has 26 heavy (non-hydrogen) atoms. The number of ketones is 1. The van der Waals surface area contributed by atoms with Gasteiger partial charge in [0.2, 0.25) is 0 Å². The van der Waals surface area contributed by atoms with E-state index in [1.165, 1.54) is 26.4 Å². The molecule has 0 amide bonds. The average Bonchev–Trinajstić information content (AvgIpc) is 2.69. The highest BCUT2D eigenvalue weighted by Crippen LogP contribution is 2.09. The minimum Gasteiger partial charge on any atom is -0.465 e. The number of esters is 1. The van der Waals surface area contributed by atoms with Gasteiger partial charge in [-0.1, -0.05) is 48.6 Å². The van der Waals surface area contributed by atoms with E-state index in [1.54, 1.807) is 36.4 Å². The van der Waals surface area contributed by atoms with Crippen LogP contribution in [-0.2, 0) is 25.9 Å². The Labute approximate surface area is 152 Å². The van der Waals surface area contributed by atoms with Crippen molar-refractivity contribution < 1.29 is 24.1 Å². The number of hydrogen-bond acceptors (Lipinski definition) is 5. The van der Waals surface area contributed by atoms with Gasteiger partial charge in [-0.3, -0.25) is 4.79 Å². The van der Waals surface area contributed by atoms with E-state index in [0.29, 0.717) is 12.2 Å². The highest BCUT2D eigenvalue weighted by molar-refractivity contribution is 6.04. The van der Waals surface area contributed by atoms with Crippen LogP contribution in [0.2, 0.25) is 0 Å². The third kappa shape index (κ3) is 6.12. The molecule has 0 bridgehead atoms. The van der Waals surface area contributed by atoms with Crippen molar-refractivity contribution >= 4 is 23.9 Å². The Hall–Kier alpha value is -3.02. The Morgan fingerprint density at radius 3 is 1.88 bits per heavy atom. The zero-order valence-electron chi connectivity index (χ0n) is 14.7. The van der Waals surface area contributed by atoms with Gasteiger partial charge in [0.05, 0.1) is 19.8 Å². The van der Waals surface area contributed by atoms with Crippen molar-refractivity contribution in [3.05, 3.63) is 82.9 Å². The lowest BCUT2D eigenvalue weighted by molar-refractivity contribution is -0.282. The lowest BCUT2D eigenvalue weighted by Gasteiger charge is -2.00. The van der Waals surface area contributed by atoms with Crippen molar-refractivity contribution in [2.24, 2.45) is 0 Å². The van der Waals surface area contributed by atoms with Crippen LogP contribution in [0.3, 0.4) is 0 Å². The molecule has 0 atom stereocenters. The van der Waals surface area contributed by atoms with E-state index in [2.05, 4.69) is 9.62 Å². The molecule has 0 saturated carbocycles. The van der Waals surface area contributed by atoms with Crippen molar-refractivity contribution in [2.75, 3.05) is 14.2 Å². The zero-order valence-corrected chi connectivity index (χ0v) is 14.7. The minimum absolute atomic E-state index is 0.131. The fraction of sp³-hybridized carbons (Fsp3) is 0.143. The van der Waals surface area contributed by atoms with Crippen molar-refractivity contribution in [2.45, 2.75) is 6.61 Å². The first-order valence-corrected chi connectivity index (χ1v) is 7.95. The normalized spacial score (nSPS) is 11.2. The minimum atomic E-state index is -0.389. The molecule has 0 spiro atoms. The molecule has 134 valence electrons. The molecular formula is C21H20O5. The molecule has 0 unspecified atom stereocenters. The largest absolute Gasteiger partial charge is 0.465 e. The summed E-state index contributed by atoms with van der Waals surface area (Å²) in [5.74, 6) is -0.520. The number of rotatable bonds is 8. The number of benzene rings is 2. The third-order valence-electron chi connectivity index (χ3n) is 3.54. The topological polar surface area (TPSA) is 61.8 Å². The van der Waals surface area contributed by atoms with Crippen LogP contribution in [0.25, 0.3) is 12.2 Å². The molecule has 0 N–H and O–H groups in total. The van der Waals surface area contributed by atoms with Gasteiger partial charge in [0.15, 0.2) is 5.78 Å². The average molecular weight is 352 g/mol. The molecule has 0 aromatic heterocycles. The van der Waals surface area contributed by atoms with Gasteiger partial charge in [-0.15, -0.1) is 0 Å². The van der Waals surface area contributed by atoms with E-state index in [1.807, 2.05) is 24.3 Å². The number of carbonyl (C=O) groups is 2. The van der Waals surface area contributed by atoms with E-state index in [-0.39, 0.29) is 11.8 Å². The van der Waals surface area contributed by atoms with Gasteiger partial charge in [0, 0.05) is 0 Å². The molecule has 2 aromatic rings. The first-order chi connectivity index (χ1) is 12.6. The van der Waals surface area contributed by atoms with E-state index in [9.17, 15) is 9.59 Å². The van der Waals surface area contributed by atoms with E-state index >= 15 is 0 Å². The lowest BCUT2D eigenvalue weighted by Crippen LogP contribution is -2.00. The zero-order chi connectivity index (χ0) is 18.8. The molecule has 0 saturated heterocycles. The number of allylic oxidation sites excluding steroid dienone is 2. The van der Waals surface area contributed by atoms with Crippen molar-refractivity contribution in [1.29, 1.82) is 0 Å². The van der Waals surface area contributed by atoms with Crippen molar-refractivity contribution in [1.82, 2.24) is 0 Å². The summed E-state index contributed by atoms with van der Waals surface area (Å²) in [6.07, 6.45) is 6.41. The molecule has 0 fully saturated rings. The molecule has 0 radical (unpaired) electrons. The second-order valence-corrected chi connectivity index (χ2v) is 5.35. The summed E-state index contributed by atoms with van der Waals surface area (Å²) in [5, 5.41) is 0. The first-order valence-electron chi connectivity index (χ1n) is 7.95. The maximum Gasteiger partial charge on any atom is 0.337 e. The van der Waals surface area contributed by atoms with Crippen molar-refractivity contribution in [3.63, 3.8) is 0 Å². The van der Waals surface area contributed by atoms with Crippen LogP contribution in [0.4, 0.5) is 0 Å². The molecule has 2 aromatic carbocycles. The Bertz CT molecular complexity index is 786. The van der Waals surface area contributed by atoms with Crippen LogP contribution in [0.15, 0.2) is 60.7 Å². The van der Waals surface area contributed by atoms with Gasteiger partial charge in [-0.2, -0.15) is 0 Å². The van der Waals surface area contributed by atoms with Crippen LogP contribution >= 0.6 is 0 Å². The van der Waals surface area contributed by atoms with Crippen LogP contribution in [0.5, 0.6) is 0 Å².